The maximum Gasteiger partial charge on any atom is 0.258 e. The van der Waals surface area contributed by atoms with E-state index in [9.17, 15) is 27.5 Å². The Hall–Kier alpha value is -2.56. The third-order valence-electron chi connectivity index (χ3n) is 7.26. The van der Waals surface area contributed by atoms with Gasteiger partial charge in [-0.2, -0.15) is 4.31 Å². The number of aromatic nitrogens is 1. The van der Waals surface area contributed by atoms with Crippen LogP contribution in [0.1, 0.15) is 31.0 Å². The molecular weight excluding hydrogens is 449 g/mol. The fourth-order valence-electron chi connectivity index (χ4n) is 5.53. The summed E-state index contributed by atoms with van der Waals surface area (Å²) in [6.07, 6.45) is 3.78. The number of nitrogens with one attached hydrogen (secondary N) is 1. The molecule has 3 heterocycles. The second-order valence-corrected chi connectivity index (χ2v) is 11.1. The molecule has 2 fully saturated rings. The molecule has 0 radical (unpaired) electrons. The van der Waals surface area contributed by atoms with E-state index in [1.807, 2.05) is 0 Å². The quantitative estimate of drug-likeness (QED) is 0.677. The molecule has 176 valence electrons. The number of aliphatic hydroxyl groups is 1. The van der Waals surface area contributed by atoms with Crippen LogP contribution in [0, 0.1) is 17.7 Å². The molecule has 0 bridgehead atoms. The predicted molar refractivity (Wildman–Crippen MR) is 119 cm³/mol. The van der Waals surface area contributed by atoms with E-state index < -0.39 is 45.7 Å². The second kappa shape index (κ2) is 8.03. The Labute approximate surface area is 191 Å². The van der Waals surface area contributed by atoms with Gasteiger partial charge in [-0.15, -0.1) is 0 Å². The maximum atomic E-state index is 13.7. The zero-order valence-corrected chi connectivity index (χ0v) is 19.0. The van der Waals surface area contributed by atoms with Crippen molar-refractivity contribution in [3.63, 3.8) is 0 Å². The van der Waals surface area contributed by atoms with Crippen LogP contribution in [0.5, 0.6) is 0 Å². The number of halogens is 1. The van der Waals surface area contributed by atoms with Crippen LogP contribution in [0.25, 0.3) is 11.1 Å². The Morgan fingerprint density at radius 1 is 1.24 bits per heavy atom. The summed E-state index contributed by atoms with van der Waals surface area (Å²) in [5.41, 5.74) is 0.869. The number of aliphatic hydroxyl groups excluding tert-OH is 1. The van der Waals surface area contributed by atoms with E-state index >= 15 is 0 Å². The molecular formula is C23H26FN3O5S. The molecule has 4 atom stereocenters. The van der Waals surface area contributed by atoms with Gasteiger partial charge < -0.3 is 15.0 Å². The minimum Gasteiger partial charge on any atom is -0.396 e. The van der Waals surface area contributed by atoms with E-state index in [4.69, 9.17) is 0 Å². The minimum absolute atomic E-state index is 0.0300. The molecule has 3 aliphatic rings. The third-order valence-corrected chi connectivity index (χ3v) is 8.48. The molecule has 2 aromatic rings. The van der Waals surface area contributed by atoms with Crippen LogP contribution in [0.2, 0.25) is 0 Å². The van der Waals surface area contributed by atoms with E-state index in [1.165, 1.54) is 27.1 Å². The van der Waals surface area contributed by atoms with E-state index in [-0.39, 0.29) is 24.8 Å². The molecule has 0 unspecified atom stereocenters. The van der Waals surface area contributed by atoms with Crippen LogP contribution in [-0.4, -0.2) is 53.3 Å². The molecule has 5 rings (SSSR count). The summed E-state index contributed by atoms with van der Waals surface area (Å²) in [5.74, 6) is -1.94. The standard InChI is InChI=1S/C23H26FN3O5S/c1-33(31,32)27-20-17(18(12-28)21(27)22(29)25-15-6-3-7-15)11-26-19(20)9-8-16(23(26)30)13-4-2-5-14(24)10-13/h2,4-5,8-10,15,17-18,20-21,28H,3,6-7,11-12H2,1H3,(H,25,29)/t17-,18-,20+,21-/m1/s1. The average Bonchev–Trinajstić information content (AvgIpc) is 3.25. The molecule has 33 heavy (non-hydrogen) atoms. The average molecular weight is 476 g/mol. The van der Waals surface area contributed by atoms with Crippen molar-refractivity contribution >= 4 is 15.9 Å². The smallest absolute Gasteiger partial charge is 0.258 e. The summed E-state index contributed by atoms with van der Waals surface area (Å²) < 4.78 is 42.1. The van der Waals surface area contributed by atoms with Crippen molar-refractivity contribution < 1.29 is 22.7 Å². The van der Waals surface area contributed by atoms with Crippen LogP contribution in [-0.2, 0) is 21.4 Å². The lowest BCUT2D eigenvalue weighted by atomic mass is 9.87. The van der Waals surface area contributed by atoms with E-state index in [0.29, 0.717) is 16.8 Å². The molecule has 1 aromatic carbocycles. The lowest BCUT2D eigenvalue weighted by Crippen LogP contribution is -2.53. The SMILES string of the molecule is CS(=O)(=O)N1[C@@H]2c3ccc(-c4cccc(F)c4)c(=O)n3C[C@@H]2[C@@H](CO)[C@@H]1C(=O)NC1CCC1. The predicted octanol–water partition coefficient (Wildman–Crippen LogP) is 1.25. The van der Waals surface area contributed by atoms with Crippen LogP contribution in [0.3, 0.4) is 0 Å². The Kier molecular flexibility index (Phi) is 5.42. The maximum absolute atomic E-state index is 13.7. The summed E-state index contributed by atoms with van der Waals surface area (Å²) in [4.78, 5) is 26.4. The van der Waals surface area contributed by atoms with E-state index in [2.05, 4.69) is 5.32 Å². The summed E-state index contributed by atoms with van der Waals surface area (Å²) >= 11 is 0. The monoisotopic (exact) mass is 475 g/mol. The third kappa shape index (κ3) is 3.60. The highest BCUT2D eigenvalue weighted by molar-refractivity contribution is 7.88. The fraction of sp³-hybridized carbons (Fsp3) is 0.478. The Morgan fingerprint density at radius 3 is 2.61 bits per heavy atom. The number of benzene rings is 1. The number of nitrogens with zero attached hydrogens (tertiary/aromatic N) is 2. The van der Waals surface area contributed by atoms with Crippen molar-refractivity contribution in [2.45, 2.75) is 43.9 Å². The number of hydrogen-bond donors (Lipinski definition) is 2. The van der Waals surface area contributed by atoms with Crippen molar-refractivity contribution in [1.82, 2.24) is 14.2 Å². The normalized spacial score (nSPS) is 27.1. The Balaban J connectivity index is 1.58. The van der Waals surface area contributed by atoms with Gasteiger partial charge in [-0.05, 0) is 49.1 Å². The van der Waals surface area contributed by atoms with Gasteiger partial charge in [-0.25, -0.2) is 12.8 Å². The van der Waals surface area contributed by atoms with Crippen molar-refractivity contribution in [3.05, 3.63) is 58.3 Å². The number of carbonyl (C=O) groups excluding carboxylic acids is 1. The highest BCUT2D eigenvalue weighted by Gasteiger charge is 2.59. The highest BCUT2D eigenvalue weighted by atomic mass is 32.2. The molecule has 1 aromatic heterocycles. The van der Waals surface area contributed by atoms with E-state index in [0.717, 1.165) is 25.5 Å². The van der Waals surface area contributed by atoms with Gasteiger partial charge in [-0.1, -0.05) is 12.1 Å². The molecule has 1 saturated heterocycles. The van der Waals surface area contributed by atoms with Gasteiger partial charge in [0.1, 0.15) is 11.9 Å². The summed E-state index contributed by atoms with van der Waals surface area (Å²) in [5, 5.41) is 13.1. The number of hydrogen-bond acceptors (Lipinski definition) is 5. The van der Waals surface area contributed by atoms with Gasteiger partial charge in [0, 0.05) is 42.3 Å². The van der Waals surface area contributed by atoms with Crippen LogP contribution >= 0.6 is 0 Å². The zero-order valence-electron chi connectivity index (χ0n) is 18.1. The van der Waals surface area contributed by atoms with Crippen LogP contribution in [0.15, 0.2) is 41.2 Å². The topological polar surface area (TPSA) is 109 Å². The molecule has 8 nitrogen and oxygen atoms in total. The van der Waals surface area contributed by atoms with Gasteiger partial charge >= 0.3 is 0 Å². The first-order valence-electron chi connectivity index (χ1n) is 11.1. The first kappa shape index (κ1) is 22.2. The molecule has 2 N–H and O–H groups in total. The number of pyridine rings is 1. The molecule has 1 amide bonds. The van der Waals surface area contributed by atoms with Gasteiger partial charge in [0.15, 0.2) is 0 Å². The highest BCUT2D eigenvalue weighted by Crippen LogP contribution is 2.50. The number of carbonyl (C=O) groups is 1. The lowest BCUT2D eigenvalue weighted by molar-refractivity contribution is -0.127. The fourth-order valence-corrected chi connectivity index (χ4v) is 6.87. The number of rotatable bonds is 5. The minimum atomic E-state index is -3.85. The van der Waals surface area contributed by atoms with Gasteiger partial charge in [-0.3, -0.25) is 9.59 Å². The number of fused-ring (bicyclic) bond motifs is 3. The summed E-state index contributed by atoms with van der Waals surface area (Å²) in [6.45, 7) is -0.206. The van der Waals surface area contributed by atoms with Crippen molar-refractivity contribution in [2.24, 2.45) is 11.8 Å². The van der Waals surface area contributed by atoms with Gasteiger partial charge in [0.25, 0.3) is 5.56 Å². The largest absolute Gasteiger partial charge is 0.396 e. The first-order chi connectivity index (χ1) is 15.7. The summed E-state index contributed by atoms with van der Waals surface area (Å²) in [7, 11) is -3.85. The van der Waals surface area contributed by atoms with Gasteiger partial charge in [0.05, 0.1) is 12.3 Å². The molecule has 2 aliphatic heterocycles. The zero-order chi connectivity index (χ0) is 23.5. The van der Waals surface area contributed by atoms with Crippen LogP contribution in [0.4, 0.5) is 4.39 Å². The molecule has 0 spiro atoms. The van der Waals surface area contributed by atoms with Gasteiger partial charge in [0.2, 0.25) is 15.9 Å². The van der Waals surface area contributed by atoms with E-state index in [1.54, 1.807) is 18.2 Å². The Bertz CT molecular complexity index is 1270. The number of sulfonamides is 1. The lowest BCUT2D eigenvalue weighted by Gasteiger charge is -2.32. The van der Waals surface area contributed by atoms with Crippen molar-refractivity contribution in [3.8, 4) is 11.1 Å². The first-order valence-corrected chi connectivity index (χ1v) is 12.9. The Morgan fingerprint density at radius 2 is 2.00 bits per heavy atom. The number of amides is 1. The molecule has 1 saturated carbocycles. The van der Waals surface area contributed by atoms with Crippen molar-refractivity contribution in [1.29, 1.82) is 0 Å². The molecule has 1 aliphatic carbocycles. The molecule has 10 heteroatoms. The van der Waals surface area contributed by atoms with Crippen molar-refractivity contribution in [2.75, 3.05) is 12.9 Å². The summed E-state index contributed by atoms with van der Waals surface area (Å²) in [6, 6.07) is 7.24. The van der Waals surface area contributed by atoms with Crippen LogP contribution < -0.4 is 10.9 Å². The second-order valence-electron chi connectivity index (χ2n) is 9.23.